The van der Waals surface area contributed by atoms with Gasteiger partial charge in [0.25, 0.3) is 11.5 Å². The maximum absolute atomic E-state index is 13.1. The van der Waals surface area contributed by atoms with Crippen molar-refractivity contribution >= 4 is 43.4 Å². The number of hydrogen-bond donors (Lipinski definition) is 2. The van der Waals surface area contributed by atoms with Gasteiger partial charge in [-0.1, -0.05) is 13.8 Å². The number of aromatic nitrogens is 2. The van der Waals surface area contributed by atoms with E-state index in [1.54, 1.807) is 11.3 Å². The van der Waals surface area contributed by atoms with Crippen LogP contribution >= 0.6 is 27.3 Å². The molecule has 0 radical (unpaired) electrons. The number of benzene rings is 1. The van der Waals surface area contributed by atoms with Crippen molar-refractivity contribution in [2.24, 2.45) is 0 Å². The van der Waals surface area contributed by atoms with E-state index in [2.05, 4.69) is 40.1 Å². The topological polar surface area (TPSA) is 74.8 Å². The SMILES string of the molecule is Cc1[nH]c(=O)c(CNC(=O)c2cc(Br)c3sc(C(C)C)nc3c2C)c2c1CCCC2. The van der Waals surface area contributed by atoms with Crippen LogP contribution in [0.25, 0.3) is 10.2 Å². The van der Waals surface area contributed by atoms with Crippen molar-refractivity contribution in [3.63, 3.8) is 0 Å². The number of rotatable bonds is 4. The van der Waals surface area contributed by atoms with Gasteiger partial charge in [-0.05, 0) is 78.2 Å². The summed E-state index contributed by atoms with van der Waals surface area (Å²) in [7, 11) is 0. The fourth-order valence-corrected chi connectivity index (χ4v) is 5.92. The molecular weight excluding hydrogens is 462 g/mol. The van der Waals surface area contributed by atoms with Crippen LogP contribution < -0.4 is 10.9 Å². The van der Waals surface area contributed by atoms with Crippen molar-refractivity contribution in [2.75, 3.05) is 0 Å². The van der Waals surface area contributed by atoms with Gasteiger partial charge in [-0.15, -0.1) is 11.3 Å². The van der Waals surface area contributed by atoms with Crippen molar-refractivity contribution in [1.82, 2.24) is 15.3 Å². The van der Waals surface area contributed by atoms with Gasteiger partial charge >= 0.3 is 0 Å². The molecule has 2 heterocycles. The quantitative estimate of drug-likeness (QED) is 0.524. The van der Waals surface area contributed by atoms with E-state index in [-0.39, 0.29) is 18.0 Å². The molecule has 0 bridgehead atoms. The number of nitrogens with one attached hydrogen (secondary N) is 2. The Morgan fingerprint density at radius 1 is 1.27 bits per heavy atom. The van der Waals surface area contributed by atoms with Crippen molar-refractivity contribution in [1.29, 1.82) is 0 Å². The summed E-state index contributed by atoms with van der Waals surface area (Å²) < 4.78 is 1.94. The highest BCUT2D eigenvalue weighted by molar-refractivity contribution is 9.10. The third-order valence-electron chi connectivity index (χ3n) is 5.92. The molecule has 0 spiro atoms. The minimum Gasteiger partial charge on any atom is -0.348 e. The zero-order chi connectivity index (χ0) is 21.6. The monoisotopic (exact) mass is 487 g/mol. The average Bonchev–Trinajstić information content (AvgIpc) is 3.17. The third kappa shape index (κ3) is 3.73. The summed E-state index contributed by atoms with van der Waals surface area (Å²) in [5.74, 6) is 0.157. The molecule has 7 heteroatoms. The predicted octanol–water partition coefficient (Wildman–Crippen LogP) is 5.30. The molecule has 0 aliphatic heterocycles. The number of carbonyl (C=O) groups excluding carboxylic acids is 1. The molecule has 158 valence electrons. The van der Waals surface area contributed by atoms with Gasteiger partial charge in [0.05, 0.1) is 15.2 Å². The van der Waals surface area contributed by atoms with Crippen LogP contribution in [0.5, 0.6) is 0 Å². The number of thiazole rings is 1. The van der Waals surface area contributed by atoms with Gasteiger partial charge in [-0.3, -0.25) is 9.59 Å². The van der Waals surface area contributed by atoms with Crippen LogP contribution in [0.15, 0.2) is 15.3 Å². The first-order chi connectivity index (χ1) is 14.3. The highest BCUT2D eigenvalue weighted by Crippen LogP contribution is 2.36. The molecule has 1 amide bonds. The van der Waals surface area contributed by atoms with Crippen LogP contribution in [0.4, 0.5) is 0 Å². The van der Waals surface area contributed by atoms with Crippen LogP contribution in [0.2, 0.25) is 0 Å². The second-order valence-electron chi connectivity index (χ2n) is 8.32. The van der Waals surface area contributed by atoms with Crippen LogP contribution in [0.3, 0.4) is 0 Å². The molecule has 0 atom stereocenters. The summed E-state index contributed by atoms with van der Waals surface area (Å²) in [5.41, 5.74) is 6.25. The standard InChI is InChI=1S/C23H26BrN3O2S/c1-11(2)23-27-19-12(3)16(9-18(24)20(19)30-23)21(28)25-10-17-15-8-6-5-7-14(15)13(4)26-22(17)29/h9,11H,5-8,10H2,1-4H3,(H,25,28)(H,26,29). The molecule has 0 unspecified atom stereocenters. The summed E-state index contributed by atoms with van der Waals surface area (Å²) in [6, 6.07) is 1.87. The Balaban J connectivity index is 1.65. The Hall–Kier alpha value is -1.99. The lowest BCUT2D eigenvalue weighted by atomic mass is 9.88. The molecule has 1 aliphatic rings. The summed E-state index contributed by atoms with van der Waals surface area (Å²) in [5, 5.41) is 4.04. The zero-order valence-corrected chi connectivity index (χ0v) is 20.1. The van der Waals surface area contributed by atoms with E-state index >= 15 is 0 Å². The van der Waals surface area contributed by atoms with E-state index in [4.69, 9.17) is 4.98 Å². The predicted molar refractivity (Wildman–Crippen MR) is 126 cm³/mol. The molecule has 5 nitrogen and oxygen atoms in total. The Morgan fingerprint density at radius 2 is 1.97 bits per heavy atom. The van der Waals surface area contributed by atoms with E-state index in [1.165, 1.54) is 5.56 Å². The lowest BCUT2D eigenvalue weighted by Gasteiger charge is -2.21. The van der Waals surface area contributed by atoms with Crippen molar-refractivity contribution in [3.05, 3.63) is 59.4 Å². The molecule has 3 aromatic rings. The highest BCUT2D eigenvalue weighted by Gasteiger charge is 2.21. The van der Waals surface area contributed by atoms with Gasteiger partial charge in [0.1, 0.15) is 0 Å². The van der Waals surface area contributed by atoms with Gasteiger partial charge in [0, 0.05) is 33.8 Å². The lowest BCUT2D eigenvalue weighted by Crippen LogP contribution is -2.30. The second kappa shape index (κ2) is 8.27. The molecule has 1 aromatic carbocycles. The van der Waals surface area contributed by atoms with Crippen molar-refractivity contribution in [2.45, 2.75) is 65.8 Å². The number of fused-ring (bicyclic) bond motifs is 2. The maximum Gasteiger partial charge on any atom is 0.253 e. The molecular formula is C23H26BrN3O2S. The largest absolute Gasteiger partial charge is 0.348 e. The van der Waals surface area contributed by atoms with Crippen LogP contribution in [0.1, 0.15) is 75.9 Å². The first-order valence-corrected chi connectivity index (χ1v) is 12.0. The number of pyridine rings is 1. The molecule has 1 aliphatic carbocycles. The number of carbonyl (C=O) groups is 1. The first kappa shape index (κ1) is 21.2. The summed E-state index contributed by atoms with van der Waals surface area (Å²) in [4.78, 5) is 33.4. The molecule has 0 saturated carbocycles. The maximum atomic E-state index is 13.1. The smallest absolute Gasteiger partial charge is 0.253 e. The number of hydrogen-bond acceptors (Lipinski definition) is 4. The number of nitrogens with zero attached hydrogens (tertiary/aromatic N) is 1. The Kier molecular flexibility index (Phi) is 5.86. The molecule has 0 fully saturated rings. The number of H-pyrrole nitrogens is 1. The first-order valence-electron chi connectivity index (χ1n) is 10.4. The number of amides is 1. The van der Waals surface area contributed by atoms with Gasteiger partial charge in [0.2, 0.25) is 0 Å². The molecule has 0 saturated heterocycles. The highest BCUT2D eigenvalue weighted by atomic mass is 79.9. The average molecular weight is 488 g/mol. The summed E-state index contributed by atoms with van der Waals surface area (Å²) in [6.45, 7) is 8.38. The Labute approximate surface area is 188 Å². The minimum atomic E-state index is -0.182. The lowest BCUT2D eigenvalue weighted by molar-refractivity contribution is 0.0950. The molecule has 2 aromatic heterocycles. The second-order valence-corrected chi connectivity index (χ2v) is 10.2. The number of aryl methyl sites for hydroxylation is 2. The fraction of sp³-hybridized carbons (Fsp3) is 0.435. The zero-order valence-electron chi connectivity index (χ0n) is 17.7. The normalized spacial score (nSPS) is 13.7. The molecule has 2 N–H and O–H groups in total. The molecule has 4 rings (SSSR count). The number of halogens is 1. The van der Waals surface area contributed by atoms with Crippen molar-refractivity contribution in [3.8, 4) is 0 Å². The Bertz CT molecular complexity index is 1210. The van der Waals surface area contributed by atoms with Gasteiger partial charge in [-0.25, -0.2) is 4.98 Å². The van der Waals surface area contributed by atoms with E-state index < -0.39 is 0 Å². The van der Waals surface area contributed by atoms with E-state index in [0.717, 1.165) is 62.2 Å². The fourth-order valence-electron chi connectivity index (χ4n) is 4.22. The van der Waals surface area contributed by atoms with E-state index in [9.17, 15) is 9.59 Å². The van der Waals surface area contributed by atoms with Gasteiger partial charge in [0.15, 0.2) is 0 Å². The number of aromatic amines is 1. The summed E-state index contributed by atoms with van der Waals surface area (Å²) in [6.07, 6.45) is 4.12. The van der Waals surface area contributed by atoms with Gasteiger partial charge in [-0.2, -0.15) is 0 Å². The molecule has 30 heavy (non-hydrogen) atoms. The minimum absolute atomic E-state index is 0.0946. The van der Waals surface area contributed by atoms with E-state index in [1.807, 2.05) is 19.9 Å². The van der Waals surface area contributed by atoms with Crippen molar-refractivity contribution < 1.29 is 4.79 Å². The van der Waals surface area contributed by atoms with Crippen LogP contribution in [-0.4, -0.2) is 15.9 Å². The van der Waals surface area contributed by atoms with Gasteiger partial charge < -0.3 is 10.3 Å². The van der Waals surface area contributed by atoms with Crippen LogP contribution in [-0.2, 0) is 19.4 Å². The summed E-state index contributed by atoms with van der Waals surface area (Å²) >= 11 is 5.27. The third-order valence-corrected chi connectivity index (χ3v) is 8.19. The van der Waals surface area contributed by atoms with E-state index in [0.29, 0.717) is 17.0 Å². The Morgan fingerprint density at radius 3 is 2.67 bits per heavy atom. The van der Waals surface area contributed by atoms with Crippen LogP contribution in [0, 0.1) is 13.8 Å².